The summed E-state index contributed by atoms with van der Waals surface area (Å²) < 4.78 is 6.97. The number of hydrogen-bond acceptors (Lipinski definition) is 5. The molecule has 29 heavy (non-hydrogen) atoms. The van der Waals surface area contributed by atoms with E-state index in [2.05, 4.69) is 0 Å². The third-order valence-electron chi connectivity index (χ3n) is 4.80. The Labute approximate surface area is 171 Å². The van der Waals surface area contributed by atoms with E-state index in [4.69, 9.17) is 14.5 Å². The molecule has 0 saturated carbocycles. The topological polar surface area (TPSA) is 85.3 Å². The zero-order chi connectivity index (χ0) is 20.5. The van der Waals surface area contributed by atoms with E-state index in [1.807, 2.05) is 43.5 Å². The number of aryl methyl sites for hydroxylation is 2. The highest BCUT2D eigenvalue weighted by Gasteiger charge is 2.18. The lowest BCUT2D eigenvalue weighted by atomic mass is 10.0. The molecular formula is C22H20N2O4S. The highest BCUT2D eigenvalue weighted by molar-refractivity contribution is 7.17. The molecule has 0 atom stereocenters. The molecule has 4 aromatic rings. The number of furan rings is 1. The fourth-order valence-electron chi connectivity index (χ4n) is 3.32. The summed E-state index contributed by atoms with van der Waals surface area (Å²) in [4.78, 5) is 30.0. The third-order valence-corrected chi connectivity index (χ3v) is 5.67. The predicted molar refractivity (Wildman–Crippen MR) is 113 cm³/mol. The number of aromatic nitrogens is 2. The fourth-order valence-corrected chi connectivity index (χ4v) is 4.28. The molecule has 3 heterocycles. The van der Waals surface area contributed by atoms with Crippen LogP contribution in [0, 0.1) is 6.92 Å². The van der Waals surface area contributed by atoms with E-state index in [9.17, 15) is 9.59 Å². The Kier molecular flexibility index (Phi) is 5.07. The molecule has 0 aliphatic heterocycles. The highest BCUT2D eigenvalue weighted by Crippen LogP contribution is 2.31. The normalized spacial score (nSPS) is 11.2. The van der Waals surface area contributed by atoms with Gasteiger partial charge in [0.2, 0.25) is 5.76 Å². The van der Waals surface area contributed by atoms with E-state index in [-0.39, 0.29) is 17.9 Å². The number of nitrogens with zero attached hydrogens (tertiary/aromatic N) is 2. The van der Waals surface area contributed by atoms with Crippen molar-refractivity contribution < 1.29 is 14.3 Å². The van der Waals surface area contributed by atoms with Gasteiger partial charge in [-0.05, 0) is 31.0 Å². The number of thiophene rings is 1. The van der Waals surface area contributed by atoms with E-state index in [1.165, 1.54) is 17.4 Å². The van der Waals surface area contributed by atoms with Gasteiger partial charge in [-0.3, -0.25) is 9.36 Å². The lowest BCUT2D eigenvalue weighted by Gasteiger charge is -2.11. The number of benzene rings is 1. The molecule has 0 bridgehead atoms. The molecule has 0 saturated heterocycles. The molecule has 0 unspecified atom stereocenters. The van der Waals surface area contributed by atoms with Crippen molar-refractivity contribution in [1.29, 1.82) is 0 Å². The summed E-state index contributed by atoms with van der Waals surface area (Å²) in [6, 6.07) is 11.0. The summed E-state index contributed by atoms with van der Waals surface area (Å²) in [5, 5.41) is 11.6. The van der Waals surface area contributed by atoms with Crippen LogP contribution in [0.3, 0.4) is 0 Å². The monoisotopic (exact) mass is 408 g/mol. The Hall–Kier alpha value is -3.19. The van der Waals surface area contributed by atoms with E-state index < -0.39 is 5.97 Å². The molecule has 148 valence electrons. The standard InChI is InChI=1S/C22H20N2O4S/c1-3-4-18-23-20-19(16(12-29-20)14-7-5-13(2)6-8-14)21(25)24(18)11-15-9-10-17(28-15)22(26)27/h5-10,12H,3-4,11H2,1-2H3,(H,26,27). The number of hydrogen-bond donors (Lipinski definition) is 1. The predicted octanol–water partition coefficient (Wildman–Crippen LogP) is 4.73. The summed E-state index contributed by atoms with van der Waals surface area (Å²) in [6.45, 7) is 4.20. The lowest BCUT2D eigenvalue weighted by Crippen LogP contribution is -2.25. The van der Waals surface area contributed by atoms with Gasteiger partial charge in [-0.25, -0.2) is 9.78 Å². The second kappa shape index (κ2) is 7.67. The van der Waals surface area contributed by atoms with Crippen molar-refractivity contribution in [3.8, 4) is 11.1 Å². The molecule has 0 aliphatic carbocycles. The van der Waals surface area contributed by atoms with Crippen LogP contribution in [0.1, 0.15) is 41.0 Å². The Bertz CT molecular complexity index is 1250. The number of fused-ring (bicyclic) bond motifs is 1. The number of rotatable bonds is 6. The van der Waals surface area contributed by atoms with Crippen molar-refractivity contribution in [3.63, 3.8) is 0 Å². The Balaban J connectivity index is 1.86. The van der Waals surface area contributed by atoms with Crippen LogP contribution in [-0.2, 0) is 13.0 Å². The summed E-state index contributed by atoms with van der Waals surface area (Å²) in [6.07, 6.45) is 1.49. The molecule has 4 rings (SSSR count). The van der Waals surface area contributed by atoms with Gasteiger partial charge < -0.3 is 9.52 Å². The van der Waals surface area contributed by atoms with E-state index in [1.54, 1.807) is 10.6 Å². The second-order valence-electron chi connectivity index (χ2n) is 6.94. The largest absolute Gasteiger partial charge is 0.475 e. The molecular weight excluding hydrogens is 388 g/mol. The van der Waals surface area contributed by atoms with Gasteiger partial charge in [-0.1, -0.05) is 36.8 Å². The second-order valence-corrected chi connectivity index (χ2v) is 7.79. The van der Waals surface area contributed by atoms with Crippen molar-refractivity contribution in [2.45, 2.75) is 33.2 Å². The van der Waals surface area contributed by atoms with Crippen LogP contribution in [0.2, 0.25) is 0 Å². The van der Waals surface area contributed by atoms with Gasteiger partial charge in [-0.2, -0.15) is 0 Å². The van der Waals surface area contributed by atoms with Crippen molar-refractivity contribution in [1.82, 2.24) is 9.55 Å². The first-order valence-corrected chi connectivity index (χ1v) is 10.3. The molecule has 0 amide bonds. The van der Waals surface area contributed by atoms with Gasteiger partial charge in [0.15, 0.2) is 0 Å². The first kappa shape index (κ1) is 19.1. The lowest BCUT2D eigenvalue weighted by molar-refractivity contribution is 0.0660. The fraction of sp³-hybridized carbons (Fsp3) is 0.227. The van der Waals surface area contributed by atoms with Crippen molar-refractivity contribution in [2.75, 3.05) is 0 Å². The summed E-state index contributed by atoms with van der Waals surface area (Å²) in [7, 11) is 0. The Morgan fingerprint density at radius 3 is 2.62 bits per heavy atom. The summed E-state index contributed by atoms with van der Waals surface area (Å²) in [5.74, 6) is -0.189. The van der Waals surface area contributed by atoms with E-state index in [0.29, 0.717) is 23.4 Å². The van der Waals surface area contributed by atoms with Crippen LogP contribution in [0.25, 0.3) is 21.3 Å². The number of carboxylic acids is 1. The molecule has 1 aromatic carbocycles. The first-order valence-electron chi connectivity index (χ1n) is 9.38. The van der Waals surface area contributed by atoms with Gasteiger partial charge in [0.25, 0.3) is 5.56 Å². The van der Waals surface area contributed by atoms with Crippen LogP contribution in [-0.4, -0.2) is 20.6 Å². The molecule has 7 heteroatoms. The average Bonchev–Trinajstić information content (AvgIpc) is 3.33. The van der Waals surface area contributed by atoms with Gasteiger partial charge in [0.1, 0.15) is 16.4 Å². The third kappa shape index (κ3) is 3.61. The van der Waals surface area contributed by atoms with Gasteiger partial charge in [0.05, 0.1) is 11.9 Å². The summed E-state index contributed by atoms with van der Waals surface area (Å²) >= 11 is 1.46. The van der Waals surface area contributed by atoms with E-state index >= 15 is 0 Å². The molecule has 0 spiro atoms. The average molecular weight is 408 g/mol. The Morgan fingerprint density at radius 1 is 1.21 bits per heavy atom. The van der Waals surface area contributed by atoms with Crippen LogP contribution >= 0.6 is 11.3 Å². The minimum atomic E-state index is -1.13. The quantitative estimate of drug-likeness (QED) is 0.499. The minimum Gasteiger partial charge on any atom is -0.475 e. The maximum atomic E-state index is 13.5. The number of carboxylic acid groups (broad SMARTS) is 1. The van der Waals surface area contributed by atoms with Crippen LogP contribution < -0.4 is 5.56 Å². The first-order chi connectivity index (χ1) is 14.0. The van der Waals surface area contributed by atoms with Crippen molar-refractivity contribution in [2.24, 2.45) is 0 Å². The van der Waals surface area contributed by atoms with E-state index in [0.717, 1.165) is 27.9 Å². The van der Waals surface area contributed by atoms with Crippen molar-refractivity contribution in [3.05, 3.63) is 75.0 Å². The van der Waals surface area contributed by atoms with Crippen LogP contribution in [0.15, 0.2) is 51.0 Å². The maximum Gasteiger partial charge on any atom is 0.371 e. The molecule has 0 radical (unpaired) electrons. The molecule has 0 aliphatic rings. The zero-order valence-electron chi connectivity index (χ0n) is 16.1. The highest BCUT2D eigenvalue weighted by atomic mass is 32.1. The van der Waals surface area contributed by atoms with Crippen molar-refractivity contribution >= 4 is 27.5 Å². The smallest absolute Gasteiger partial charge is 0.371 e. The maximum absolute atomic E-state index is 13.5. The molecule has 1 N–H and O–H groups in total. The zero-order valence-corrected chi connectivity index (χ0v) is 17.0. The van der Waals surface area contributed by atoms with Gasteiger partial charge in [0, 0.05) is 17.4 Å². The molecule has 0 fully saturated rings. The number of carbonyl (C=O) groups is 1. The molecule has 3 aromatic heterocycles. The van der Waals surface area contributed by atoms with Gasteiger partial charge in [-0.15, -0.1) is 11.3 Å². The molecule has 6 nitrogen and oxygen atoms in total. The van der Waals surface area contributed by atoms with Crippen LogP contribution in [0.5, 0.6) is 0 Å². The minimum absolute atomic E-state index is 0.136. The van der Waals surface area contributed by atoms with Crippen LogP contribution in [0.4, 0.5) is 0 Å². The Morgan fingerprint density at radius 2 is 1.97 bits per heavy atom. The summed E-state index contributed by atoms with van der Waals surface area (Å²) in [5.41, 5.74) is 2.86. The van der Waals surface area contributed by atoms with Gasteiger partial charge >= 0.3 is 5.97 Å². The SMILES string of the molecule is CCCc1nc2scc(-c3ccc(C)cc3)c2c(=O)n1Cc1ccc(C(=O)O)o1. The number of aromatic carboxylic acids is 1.